The first-order valence-corrected chi connectivity index (χ1v) is 8.68. The van der Waals surface area contributed by atoms with Gasteiger partial charge in [-0.15, -0.1) is 0 Å². The monoisotopic (exact) mass is 327 g/mol. The molecule has 0 saturated carbocycles. The van der Waals surface area contributed by atoms with Gasteiger partial charge < -0.3 is 15.2 Å². The Balaban J connectivity index is 1.67. The summed E-state index contributed by atoms with van der Waals surface area (Å²) in [5.41, 5.74) is 4.74. The molecular weight excluding hydrogens is 302 g/mol. The molecule has 128 valence electrons. The summed E-state index contributed by atoms with van der Waals surface area (Å²) in [6, 6.07) is 5.83. The molecule has 2 amide bonds. The lowest BCUT2D eigenvalue weighted by atomic mass is 10.1. The molecule has 1 fully saturated rings. The molecule has 1 aromatic heterocycles. The number of fused-ring (bicyclic) bond motifs is 1. The first-order valence-electron chi connectivity index (χ1n) is 8.68. The highest BCUT2D eigenvalue weighted by Gasteiger charge is 2.29. The Hall–Kier alpha value is -2.30. The molecule has 1 aromatic carbocycles. The molecule has 0 spiro atoms. The van der Waals surface area contributed by atoms with Crippen LogP contribution in [0.3, 0.4) is 0 Å². The maximum Gasteiger partial charge on any atom is 0.242 e. The first-order chi connectivity index (χ1) is 11.5. The summed E-state index contributed by atoms with van der Waals surface area (Å²) in [5, 5.41) is 4.17. The van der Waals surface area contributed by atoms with Gasteiger partial charge in [-0.05, 0) is 49.9 Å². The zero-order valence-electron chi connectivity index (χ0n) is 14.6. The van der Waals surface area contributed by atoms with Crippen LogP contribution >= 0.6 is 0 Å². The molecule has 5 heteroatoms. The van der Waals surface area contributed by atoms with Crippen LogP contribution in [0, 0.1) is 6.92 Å². The van der Waals surface area contributed by atoms with Gasteiger partial charge in [0.2, 0.25) is 11.8 Å². The Morgan fingerprint density at radius 2 is 2.21 bits per heavy atom. The maximum absolute atomic E-state index is 12.3. The Bertz CT molecular complexity index is 778. The molecule has 2 aromatic rings. The number of carbonyl (C=O) groups excluding carboxylic acids is 2. The SMILES string of the molecule is CCc1[nH]c2ccc(CNC(=O)[C@H](C)N3CCCC3=O)cc2c1C. The molecule has 3 rings (SSSR count). The molecule has 0 unspecified atom stereocenters. The smallest absolute Gasteiger partial charge is 0.242 e. The van der Waals surface area contributed by atoms with Crippen LogP contribution in [-0.4, -0.2) is 34.3 Å². The van der Waals surface area contributed by atoms with Crippen molar-refractivity contribution in [2.24, 2.45) is 0 Å². The van der Waals surface area contributed by atoms with Crippen LogP contribution in [0.1, 0.15) is 43.5 Å². The quantitative estimate of drug-likeness (QED) is 0.887. The number of nitrogens with zero attached hydrogens (tertiary/aromatic N) is 1. The van der Waals surface area contributed by atoms with Crippen molar-refractivity contribution >= 4 is 22.7 Å². The number of aromatic amines is 1. The van der Waals surface area contributed by atoms with Gasteiger partial charge in [-0.2, -0.15) is 0 Å². The summed E-state index contributed by atoms with van der Waals surface area (Å²) < 4.78 is 0. The van der Waals surface area contributed by atoms with Crippen molar-refractivity contribution in [2.45, 2.75) is 52.6 Å². The fourth-order valence-electron chi connectivity index (χ4n) is 3.45. The lowest BCUT2D eigenvalue weighted by molar-refractivity contribution is -0.136. The number of likely N-dealkylation sites (tertiary alicyclic amines) is 1. The van der Waals surface area contributed by atoms with Gasteiger partial charge in [0.25, 0.3) is 0 Å². The molecule has 0 bridgehead atoms. The van der Waals surface area contributed by atoms with Crippen LogP contribution in [0.2, 0.25) is 0 Å². The molecule has 1 atom stereocenters. The number of hydrogen-bond donors (Lipinski definition) is 2. The molecule has 1 aliphatic heterocycles. The second-order valence-electron chi connectivity index (χ2n) is 6.55. The molecule has 2 heterocycles. The predicted molar refractivity (Wildman–Crippen MR) is 94.7 cm³/mol. The lowest BCUT2D eigenvalue weighted by Crippen LogP contribution is -2.45. The second-order valence-corrected chi connectivity index (χ2v) is 6.55. The van der Waals surface area contributed by atoms with E-state index in [1.165, 1.54) is 16.6 Å². The molecule has 2 N–H and O–H groups in total. The molecule has 1 aliphatic rings. The van der Waals surface area contributed by atoms with E-state index in [0.29, 0.717) is 19.5 Å². The number of aromatic nitrogens is 1. The molecule has 5 nitrogen and oxygen atoms in total. The average Bonchev–Trinajstić information content (AvgIpc) is 3.15. The Morgan fingerprint density at radius 3 is 2.88 bits per heavy atom. The maximum atomic E-state index is 12.3. The summed E-state index contributed by atoms with van der Waals surface area (Å²) in [7, 11) is 0. The average molecular weight is 327 g/mol. The molecule has 0 aliphatic carbocycles. The largest absolute Gasteiger partial charge is 0.358 e. The van der Waals surface area contributed by atoms with E-state index < -0.39 is 6.04 Å². The topological polar surface area (TPSA) is 65.2 Å². The third-order valence-corrected chi connectivity index (χ3v) is 5.00. The summed E-state index contributed by atoms with van der Waals surface area (Å²) >= 11 is 0. The van der Waals surface area contributed by atoms with Crippen LogP contribution in [0.15, 0.2) is 18.2 Å². The van der Waals surface area contributed by atoms with Gasteiger partial charge in [-0.25, -0.2) is 0 Å². The van der Waals surface area contributed by atoms with E-state index in [9.17, 15) is 9.59 Å². The second kappa shape index (κ2) is 6.67. The Morgan fingerprint density at radius 1 is 1.42 bits per heavy atom. The fourth-order valence-corrected chi connectivity index (χ4v) is 3.45. The van der Waals surface area contributed by atoms with Crippen LogP contribution in [0.25, 0.3) is 10.9 Å². The van der Waals surface area contributed by atoms with E-state index in [-0.39, 0.29) is 11.8 Å². The number of hydrogen-bond acceptors (Lipinski definition) is 2. The lowest BCUT2D eigenvalue weighted by Gasteiger charge is -2.23. The number of nitrogens with one attached hydrogen (secondary N) is 2. The zero-order valence-corrected chi connectivity index (χ0v) is 14.6. The van der Waals surface area contributed by atoms with Crippen molar-refractivity contribution in [3.05, 3.63) is 35.0 Å². The number of rotatable bonds is 5. The summed E-state index contributed by atoms with van der Waals surface area (Å²) in [6.07, 6.45) is 2.38. The predicted octanol–water partition coefficient (Wildman–Crippen LogP) is 2.67. The fraction of sp³-hybridized carbons (Fsp3) is 0.474. The van der Waals surface area contributed by atoms with E-state index in [4.69, 9.17) is 0 Å². The van der Waals surface area contributed by atoms with Crippen molar-refractivity contribution < 1.29 is 9.59 Å². The van der Waals surface area contributed by atoms with Gasteiger partial charge in [0.15, 0.2) is 0 Å². The molecule has 24 heavy (non-hydrogen) atoms. The molecule has 1 saturated heterocycles. The van der Waals surface area contributed by atoms with Gasteiger partial charge in [0.1, 0.15) is 6.04 Å². The highest BCUT2D eigenvalue weighted by Crippen LogP contribution is 2.23. The number of benzene rings is 1. The van der Waals surface area contributed by atoms with Crippen LogP contribution in [-0.2, 0) is 22.6 Å². The van der Waals surface area contributed by atoms with E-state index in [1.54, 1.807) is 11.8 Å². The first kappa shape index (κ1) is 16.6. The number of carbonyl (C=O) groups is 2. The van der Waals surface area contributed by atoms with Crippen LogP contribution in [0.5, 0.6) is 0 Å². The summed E-state index contributed by atoms with van der Waals surface area (Å²) in [4.78, 5) is 29.2. The van der Waals surface area contributed by atoms with Crippen molar-refractivity contribution in [1.29, 1.82) is 0 Å². The van der Waals surface area contributed by atoms with Gasteiger partial charge in [-0.1, -0.05) is 13.0 Å². The van der Waals surface area contributed by atoms with E-state index >= 15 is 0 Å². The van der Waals surface area contributed by atoms with Crippen molar-refractivity contribution in [1.82, 2.24) is 15.2 Å². The Labute approximate surface area is 142 Å². The minimum atomic E-state index is -0.399. The number of H-pyrrole nitrogens is 1. The van der Waals surface area contributed by atoms with Gasteiger partial charge >= 0.3 is 0 Å². The summed E-state index contributed by atoms with van der Waals surface area (Å²) in [5.74, 6) is -0.0144. The normalized spacial score (nSPS) is 16.0. The molecular formula is C19H25N3O2. The standard InChI is InChI=1S/C19H25N3O2/c1-4-16-12(2)15-10-14(7-8-17(15)21-16)11-20-19(24)13(3)22-9-5-6-18(22)23/h7-8,10,13,21H,4-6,9,11H2,1-3H3,(H,20,24)/t13-/m0/s1. The van der Waals surface area contributed by atoms with Gasteiger partial charge in [-0.3, -0.25) is 9.59 Å². The van der Waals surface area contributed by atoms with Gasteiger partial charge in [0.05, 0.1) is 0 Å². The molecule has 0 radical (unpaired) electrons. The third kappa shape index (κ3) is 3.03. The van der Waals surface area contributed by atoms with E-state index in [0.717, 1.165) is 23.9 Å². The van der Waals surface area contributed by atoms with Crippen molar-refractivity contribution in [2.75, 3.05) is 6.54 Å². The Kier molecular flexibility index (Phi) is 4.60. The zero-order chi connectivity index (χ0) is 17.3. The summed E-state index contributed by atoms with van der Waals surface area (Å²) in [6.45, 7) is 7.22. The minimum absolute atomic E-state index is 0.0779. The van der Waals surface area contributed by atoms with E-state index in [1.807, 2.05) is 6.07 Å². The van der Waals surface area contributed by atoms with Gasteiger partial charge in [0, 0.05) is 36.1 Å². The number of aryl methyl sites for hydroxylation is 2. The van der Waals surface area contributed by atoms with Crippen LogP contribution in [0.4, 0.5) is 0 Å². The van der Waals surface area contributed by atoms with Crippen LogP contribution < -0.4 is 5.32 Å². The minimum Gasteiger partial charge on any atom is -0.358 e. The van der Waals surface area contributed by atoms with Crippen molar-refractivity contribution in [3.63, 3.8) is 0 Å². The third-order valence-electron chi connectivity index (χ3n) is 5.00. The number of amides is 2. The van der Waals surface area contributed by atoms with Crippen molar-refractivity contribution in [3.8, 4) is 0 Å². The highest BCUT2D eigenvalue weighted by molar-refractivity contribution is 5.88. The van der Waals surface area contributed by atoms with E-state index in [2.05, 4.69) is 36.3 Å². The highest BCUT2D eigenvalue weighted by atomic mass is 16.2.